The van der Waals surface area contributed by atoms with Crippen molar-refractivity contribution in [3.05, 3.63) is 78.0 Å². The average Bonchev–Trinajstić information content (AvgIpc) is 3.20. The van der Waals surface area contributed by atoms with Crippen molar-refractivity contribution in [1.29, 1.82) is 0 Å². The molecule has 7 heteroatoms. The quantitative estimate of drug-likeness (QED) is 0.662. The van der Waals surface area contributed by atoms with Crippen molar-refractivity contribution >= 4 is 23.3 Å². The first-order chi connectivity index (χ1) is 12.7. The summed E-state index contributed by atoms with van der Waals surface area (Å²) in [4.78, 5) is 27.9. The number of ether oxygens (including phenoxy) is 1. The molecular formula is C19H17N3O4. The first-order valence-electron chi connectivity index (χ1n) is 7.87. The molecule has 3 rings (SSSR count). The van der Waals surface area contributed by atoms with Gasteiger partial charge in [0, 0.05) is 18.1 Å². The minimum absolute atomic E-state index is 0.301. The van der Waals surface area contributed by atoms with Gasteiger partial charge in [-0.3, -0.25) is 9.78 Å². The molecule has 0 aliphatic rings. The number of aromatic nitrogens is 1. The average molecular weight is 351 g/mol. The number of pyridine rings is 1. The number of hydrogen-bond acceptors (Lipinski definition) is 6. The molecule has 0 atom stereocenters. The number of benzene rings is 1. The van der Waals surface area contributed by atoms with Crippen molar-refractivity contribution in [3.8, 4) is 0 Å². The Labute approximate surface area is 150 Å². The number of esters is 1. The number of carbonyl (C=O) groups is 2. The number of rotatable bonds is 6. The van der Waals surface area contributed by atoms with Crippen LogP contribution in [-0.2, 0) is 11.3 Å². The van der Waals surface area contributed by atoms with Gasteiger partial charge in [0.15, 0.2) is 0 Å². The number of amides is 1. The smallest absolute Gasteiger partial charge is 0.337 e. The molecule has 0 aliphatic heterocycles. The Morgan fingerprint density at radius 2 is 1.88 bits per heavy atom. The van der Waals surface area contributed by atoms with Crippen LogP contribution >= 0.6 is 0 Å². The van der Waals surface area contributed by atoms with Gasteiger partial charge in [0.25, 0.3) is 5.91 Å². The summed E-state index contributed by atoms with van der Waals surface area (Å²) >= 11 is 0. The summed E-state index contributed by atoms with van der Waals surface area (Å²) in [5.74, 6) is 0.0536. The minimum atomic E-state index is -0.428. The summed E-state index contributed by atoms with van der Waals surface area (Å²) in [7, 11) is 1.32. The summed E-state index contributed by atoms with van der Waals surface area (Å²) < 4.78 is 9.89. The minimum Gasteiger partial charge on any atom is -0.467 e. The number of hydrogen-bond donors (Lipinski definition) is 2. The molecule has 0 spiro atoms. The molecule has 3 aromatic rings. The zero-order chi connectivity index (χ0) is 18.4. The Balaban J connectivity index is 1.64. The van der Waals surface area contributed by atoms with Crippen molar-refractivity contribution in [2.75, 3.05) is 17.7 Å². The summed E-state index contributed by atoms with van der Waals surface area (Å²) in [5, 5.41) is 5.91. The highest BCUT2D eigenvalue weighted by Crippen LogP contribution is 2.14. The van der Waals surface area contributed by atoms with Crippen LogP contribution in [0.15, 0.2) is 65.5 Å². The van der Waals surface area contributed by atoms with E-state index in [9.17, 15) is 9.59 Å². The molecule has 2 N–H and O–H groups in total. The monoisotopic (exact) mass is 351 g/mol. The molecule has 0 radical (unpaired) electrons. The molecule has 0 saturated carbocycles. The van der Waals surface area contributed by atoms with Crippen molar-refractivity contribution in [3.63, 3.8) is 0 Å². The van der Waals surface area contributed by atoms with Gasteiger partial charge >= 0.3 is 5.97 Å². The molecule has 2 aromatic heterocycles. The van der Waals surface area contributed by atoms with Crippen LogP contribution in [0.3, 0.4) is 0 Å². The van der Waals surface area contributed by atoms with Crippen molar-refractivity contribution in [1.82, 2.24) is 4.98 Å². The first kappa shape index (κ1) is 17.2. The Bertz CT molecular complexity index is 889. The molecule has 0 unspecified atom stereocenters. The molecule has 2 heterocycles. The highest BCUT2D eigenvalue weighted by Gasteiger charge is 2.09. The predicted molar refractivity (Wildman–Crippen MR) is 96.0 cm³/mol. The second-order valence-electron chi connectivity index (χ2n) is 5.42. The number of furan rings is 1. The molecular weight excluding hydrogens is 334 g/mol. The fourth-order valence-corrected chi connectivity index (χ4v) is 2.27. The van der Waals surface area contributed by atoms with Crippen LogP contribution in [0.1, 0.15) is 26.5 Å². The van der Waals surface area contributed by atoms with Crippen LogP contribution in [-0.4, -0.2) is 24.0 Å². The molecule has 0 bridgehead atoms. The van der Waals surface area contributed by atoms with E-state index < -0.39 is 5.97 Å². The Hall–Kier alpha value is -3.61. The van der Waals surface area contributed by atoms with Crippen molar-refractivity contribution in [2.24, 2.45) is 0 Å². The zero-order valence-corrected chi connectivity index (χ0v) is 14.1. The normalized spacial score (nSPS) is 10.2. The lowest BCUT2D eigenvalue weighted by atomic mass is 10.2. The van der Waals surface area contributed by atoms with E-state index in [2.05, 4.69) is 20.4 Å². The van der Waals surface area contributed by atoms with Gasteiger partial charge in [-0.15, -0.1) is 0 Å². The highest BCUT2D eigenvalue weighted by atomic mass is 16.5. The highest BCUT2D eigenvalue weighted by molar-refractivity contribution is 6.04. The molecule has 1 aromatic carbocycles. The lowest BCUT2D eigenvalue weighted by molar-refractivity contribution is 0.0600. The summed E-state index contributed by atoms with van der Waals surface area (Å²) in [6, 6.07) is 11.8. The van der Waals surface area contributed by atoms with Gasteiger partial charge < -0.3 is 19.8 Å². The fourth-order valence-electron chi connectivity index (χ4n) is 2.27. The zero-order valence-electron chi connectivity index (χ0n) is 14.1. The lowest BCUT2D eigenvalue weighted by Gasteiger charge is -2.08. The molecule has 0 saturated heterocycles. The van der Waals surface area contributed by atoms with Crippen LogP contribution in [0.4, 0.5) is 11.4 Å². The number of nitrogens with zero attached hydrogens (tertiary/aromatic N) is 1. The maximum atomic E-state index is 12.4. The first-order valence-corrected chi connectivity index (χ1v) is 7.87. The lowest BCUT2D eigenvalue weighted by Crippen LogP contribution is -2.13. The summed E-state index contributed by atoms with van der Waals surface area (Å²) in [5.41, 5.74) is 2.09. The fraction of sp³-hybridized carbons (Fsp3) is 0.105. The topological polar surface area (TPSA) is 93.5 Å². The summed E-state index contributed by atoms with van der Waals surface area (Å²) in [6.07, 6.45) is 4.71. The third-order valence-electron chi connectivity index (χ3n) is 3.61. The maximum absolute atomic E-state index is 12.4. The molecule has 132 valence electrons. The molecule has 1 amide bonds. The van der Waals surface area contributed by atoms with E-state index in [4.69, 9.17) is 4.42 Å². The van der Waals surface area contributed by atoms with Crippen molar-refractivity contribution in [2.45, 2.75) is 6.54 Å². The predicted octanol–water partition coefficient (Wildman–Crippen LogP) is 3.33. The standard InChI is InChI=1S/C19H17N3O4/c1-25-19(24)13-4-6-15(7-5-13)22-18(23)14-9-16(11-20-10-14)21-12-17-3-2-8-26-17/h2-11,21H,12H2,1H3,(H,22,23). The van der Waals surface area contributed by atoms with E-state index in [1.165, 1.54) is 13.3 Å². The van der Waals surface area contributed by atoms with Gasteiger partial charge in [-0.05, 0) is 42.5 Å². The van der Waals surface area contributed by atoms with E-state index in [1.54, 1.807) is 42.8 Å². The van der Waals surface area contributed by atoms with Crippen molar-refractivity contribution < 1.29 is 18.7 Å². The summed E-state index contributed by atoms with van der Waals surface area (Å²) in [6.45, 7) is 0.495. The molecule has 7 nitrogen and oxygen atoms in total. The Morgan fingerprint density at radius 1 is 1.08 bits per heavy atom. The SMILES string of the molecule is COC(=O)c1ccc(NC(=O)c2cncc(NCc3ccco3)c2)cc1. The van der Waals surface area contributed by atoms with E-state index >= 15 is 0 Å². The molecule has 0 aliphatic carbocycles. The molecule has 26 heavy (non-hydrogen) atoms. The van der Waals surface area contributed by atoms with Gasteiger partial charge in [-0.2, -0.15) is 0 Å². The van der Waals surface area contributed by atoms with Gasteiger partial charge in [-0.25, -0.2) is 4.79 Å². The second-order valence-corrected chi connectivity index (χ2v) is 5.42. The third kappa shape index (κ3) is 4.27. The van der Waals surface area contributed by atoms with Crippen LogP contribution in [0, 0.1) is 0 Å². The number of anilines is 2. The van der Waals surface area contributed by atoms with Gasteiger partial charge in [-0.1, -0.05) is 0 Å². The van der Waals surface area contributed by atoms with Gasteiger partial charge in [0.05, 0.1) is 36.7 Å². The largest absolute Gasteiger partial charge is 0.467 e. The maximum Gasteiger partial charge on any atom is 0.337 e. The van der Waals surface area contributed by atoms with Gasteiger partial charge in [0.2, 0.25) is 0 Å². The second kappa shape index (κ2) is 7.98. The third-order valence-corrected chi connectivity index (χ3v) is 3.61. The molecule has 0 fully saturated rings. The van der Waals surface area contributed by atoms with Crippen LogP contribution in [0.2, 0.25) is 0 Å². The number of nitrogens with one attached hydrogen (secondary N) is 2. The Morgan fingerprint density at radius 3 is 2.58 bits per heavy atom. The van der Waals surface area contributed by atoms with E-state index in [0.717, 1.165) is 5.76 Å². The van der Waals surface area contributed by atoms with Crippen LogP contribution in [0.25, 0.3) is 0 Å². The van der Waals surface area contributed by atoms with Crippen LogP contribution in [0.5, 0.6) is 0 Å². The Kier molecular flexibility index (Phi) is 5.28. The number of methoxy groups -OCH3 is 1. The number of carbonyl (C=O) groups excluding carboxylic acids is 2. The van der Waals surface area contributed by atoms with E-state index in [1.807, 2.05) is 12.1 Å². The van der Waals surface area contributed by atoms with E-state index in [-0.39, 0.29) is 5.91 Å². The van der Waals surface area contributed by atoms with Crippen LogP contribution < -0.4 is 10.6 Å². The van der Waals surface area contributed by atoms with Gasteiger partial charge in [0.1, 0.15) is 5.76 Å². The van der Waals surface area contributed by atoms with E-state index in [0.29, 0.717) is 29.0 Å².